The molecule has 0 aliphatic carbocycles. The Hall–Kier alpha value is -3.84. The van der Waals surface area contributed by atoms with E-state index in [1.54, 1.807) is 0 Å². The fourth-order valence-electron chi connectivity index (χ4n) is 8.71. The number of carboxylic acids is 1. The number of carboxylic acid groups (broad SMARTS) is 1. The molecule has 0 aromatic carbocycles. The van der Waals surface area contributed by atoms with Crippen LogP contribution in [0.3, 0.4) is 0 Å². The van der Waals surface area contributed by atoms with Crippen LogP contribution in [0.15, 0.2) is 72.9 Å². The number of aliphatic carboxylic acids is 1. The lowest BCUT2D eigenvalue weighted by Crippen LogP contribution is -2.61. The van der Waals surface area contributed by atoms with E-state index < -0.39 is 67.3 Å². The molecule has 12 heteroatoms. The van der Waals surface area contributed by atoms with E-state index in [9.17, 15) is 34.5 Å². The summed E-state index contributed by atoms with van der Waals surface area (Å²) in [7, 11) is 0. The molecule has 1 fully saturated rings. The fourth-order valence-corrected chi connectivity index (χ4v) is 8.71. The maximum atomic E-state index is 13.1. The Labute approximate surface area is 455 Å². The van der Waals surface area contributed by atoms with Crippen molar-refractivity contribution in [1.29, 1.82) is 0 Å². The van der Waals surface area contributed by atoms with Gasteiger partial charge in [-0.3, -0.25) is 14.4 Å². The van der Waals surface area contributed by atoms with Gasteiger partial charge in [0.2, 0.25) is 0 Å². The second-order valence-corrected chi connectivity index (χ2v) is 20.3. The van der Waals surface area contributed by atoms with Gasteiger partial charge in [0, 0.05) is 19.3 Å². The van der Waals surface area contributed by atoms with E-state index in [4.69, 9.17) is 23.7 Å². The van der Waals surface area contributed by atoms with Crippen LogP contribution >= 0.6 is 0 Å². The third-order valence-corrected chi connectivity index (χ3v) is 13.3. The van der Waals surface area contributed by atoms with Crippen molar-refractivity contribution in [2.24, 2.45) is 0 Å². The highest BCUT2D eigenvalue weighted by atomic mass is 16.7. The number of carbonyl (C=O) groups excluding carboxylic acids is 3. The quantitative estimate of drug-likeness (QED) is 0.0228. The van der Waals surface area contributed by atoms with Crippen molar-refractivity contribution in [2.45, 2.75) is 289 Å². The lowest BCUT2D eigenvalue weighted by Gasteiger charge is -2.40. The van der Waals surface area contributed by atoms with Gasteiger partial charge < -0.3 is 39.0 Å². The monoisotopic (exact) mass is 1050 g/mol. The van der Waals surface area contributed by atoms with Crippen LogP contribution in [-0.4, -0.2) is 89.2 Å². The van der Waals surface area contributed by atoms with Gasteiger partial charge in [0.25, 0.3) is 0 Å². The molecule has 12 nitrogen and oxygen atoms in total. The molecular weight excluding hydrogens is 949 g/mol. The fraction of sp³-hybridized carbons (Fsp3) is 0.746. The predicted molar refractivity (Wildman–Crippen MR) is 303 cm³/mol. The summed E-state index contributed by atoms with van der Waals surface area (Å²) in [4.78, 5) is 51.1. The molecule has 0 amide bonds. The minimum atomic E-state index is -1.91. The molecule has 0 aromatic heterocycles. The van der Waals surface area contributed by atoms with Crippen molar-refractivity contribution in [2.75, 3.05) is 13.2 Å². The van der Waals surface area contributed by atoms with Crippen molar-refractivity contribution in [1.82, 2.24) is 0 Å². The SMILES string of the molecule is CC/C=C\C/C=C\C/C=C\C/C=C\CCC(=O)OC(COC(=O)CCCCCCCCCCC/C=C\C/C=C\CCCCC)COC1OC(C(=O)O)C(O)C(O)C1OC(=O)CCCCCCCCCCCCCCC. The summed E-state index contributed by atoms with van der Waals surface area (Å²) in [6.45, 7) is 5.79. The number of aliphatic hydroxyl groups excluding tert-OH is 2. The molecule has 0 aromatic rings. The molecule has 0 spiro atoms. The van der Waals surface area contributed by atoms with Gasteiger partial charge in [0.1, 0.15) is 18.8 Å². The lowest BCUT2D eigenvalue weighted by molar-refractivity contribution is -0.301. The molecule has 0 radical (unpaired) electrons. The summed E-state index contributed by atoms with van der Waals surface area (Å²) < 4.78 is 28.3. The van der Waals surface area contributed by atoms with E-state index in [0.29, 0.717) is 25.7 Å². The average Bonchev–Trinajstić information content (AvgIpc) is 3.39. The Morgan fingerprint density at radius 3 is 1.36 bits per heavy atom. The van der Waals surface area contributed by atoms with Gasteiger partial charge in [-0.05, 0) is 77.0 Å². The van der Waals surface area contributed by atoms with Crippen LogP contribution in [0, 0.1) is 0 Å². The molecule has 3 N–H and O–H groups in total. The van der Waals surface area contributed by atoms with E-state index in [2.05, 4.69) is 81.5 Å². The highest BCUT2D eigenvalue weighted by Gasteiger charge is 2.50. The van der Waals surface area contributed by atoms with Crippen molar-refractivity contribution < 1.29 is 58.2 Å². The Balaban J connectivity index is 2.70. The molecule has 6 atom stereocenters. The van der Waals surface area contributed by atoms with E-state index in [0.717, 1.165) is 77.0 Å². The highest BCUT2D eigenvalue weighted by Crippen LogP contribution is 2.26. The number of allylic oxidation sites excluding steroid dienone is 12. The standard InChI is InChI=1S/C63H106O12/c1-4-7-10-13-16-19-22-25-26-27-28-29-30-33-34-37-40-43-46-49-55(64)71-52-54(73-56(65)50-47-44-41-38-35-31-23-20-17-14-11-8-5-2)53-72-63-61(59(68)58(67)60(75-63)62(69)70)74-57(66)51-48-45-42-39-36-32-24-21-18-15-12-9-6-3/h8,11,16-17,19-20,25-26,31,35,41,44,54,58-61,63,67-68H,4-7,9-10,12-15,18,21-24,27-30,32-34,36-40,42-43,45-53H2,1-3H3,(H,69,70)/b11-8-,19-16-,20-17-,26-25-,35-31-,44-41-. The average molecular weight is 1060 g/mol. The first-order valence-electron chi connectivity index (χ1n) is 29.9. The predicted octanol–water partition coefficient (Wildman–Crippen LogP) is 15.3. The number of rotatable bonds is 50. The topological polar surface area (TPSA) is 175 Å². The minimum absolute atomic E-state index is 0.0404. The summed E-state index contributed by atoms with van der Waals surface area (Å²) in [5.41, 5.74) is 0. The number of unbranched alkanes of at least 4 members (excludes halogenated alkanes) is 24. The van der Waals surface area contributed by atoms with E-state index in [1.165, 1.54) is 109 Å². The van der Waals surface area contributed by atoms with Gasteiger partial charge in [0.15, 0.2) is 24.6 Å². The third kappa shape index (κ3) is 41.0. The Bertz CT molecular complexity index is 1580. The molecular formula is C63H106O12. The van der Waals surface area contributed by atoms with Crippen molar-refractivity contribution in [3.05, 3.63) is 72.9 Å². The lowest BCUT2D eigenvalue weighted by atomic mass is 9.98. The van der Waals surface area contributed by atoms with E-state index >= 15 is 0 Å². The second kappa shape index (κ2) is 50.9. The highest BCUT2D eigenvalue weighted by molar-refractivity contribution is 5.74. The first-order chi connectivity index (χ1) is 36.6. The number of hydrogen-bond donors (Lipinski definition) is 3. The van der Waals surface area contributed by atoms with Crippen LogP contribution in [0.2, 0.25) is 0 Å². The zero-order valence-electron chi connectivity index (χ0n) is 47.3. The Morgan fingerprint density at radius 1 is 0.453 bits per heavy atom. The molecule has 0 bridgehead atoms. The van der Waals surface area contributed by atoms with Gasteiger partial charge in [0.05, 0.1) is 6.61 Å². The number of aliphatic hydroxyl groups is 2. The number of hydrogen-bond acceptors (Lipinski definition) is 11. The van der Waals surface area contributed by atoms with Crippen LogP contribution < -0.4 is 0 Å². The van der Waals surface area contributed by atoms with Crippen LogP contribution in [0.5, 0.6) is 0 Å². The van der Waals surface area contributed by atoms with Crippen LogP contribution in [-0.2, 0) is 42.9 Å². The summed E-state index contributed by atoms with van der Waals surface area (Å²) in [5, 5.41) is 31.4. The minimum Gasteiger partial charge on any atom is -0.479 e. The first kappa shape index (κ1) is 69.2. The van der Waals surface area contributed by atoms with Gasteiger partial charge >= 0.3 is 23.9 Å². The smallest absolute Gasteiger partial charge is 0.335 e. The second-order valence-electron chi connectivity index (χ2n) is 20.3. The van der Waals surface area contributed by atoms with Gasteiger partial charge in [-0.1, -0.05) is 229 Å². The summed E-state index contributed by atoms with van der Waals surface area (Å²) in [6, 6.07) is 0. The largest absolute Gasteiger partial charge is 0.479 e. The molecule has 1 rings (SSSR count). The first-order valence-corrected chi connectivity index (χ1v) is 29.9. The van der Waals surface area contributed by atoms with E-state index in [-0.39, 0.29) is 25.9 Å². The molecule has 1 saturated heterocycles. The third-order valence-electron chi connectivity index (χ3n) is 13.3. The number of esters is 3. The van der Waals surface area contributed by atoms with Crippen molar-refractivity contribution in [3.8, 4) is 0 Å². The maximum Gasteiger partial charge on any atom is 0.335 e. The zero-order valence-corrected chi connectivity index (χ0v) is 47.3. The van der Waals surface area contributed by atoms with Crippen molar-refractivity contribution >= 4 is 23.9 Å². The molecule has 75 heavy (non-hydrogen) atoms. The Morgan fingerprint density at radius 2 is 0.867 bits per heavy atom. The number of carbonyl (C=O) groups is 4. The molecule has 1 aliphatic rings. The molecule has 1 heterocycles. The Kier molecular flexibility index (Phi) is 47.0. The normalized spacial score (nSPS) is 18.7. The maximum absolute atomic E-state index is 13.1. The van der Waals surface area contributed by atoms with Gasteiger partial charge in [-0.25, -0.2) is 4.79 Å². The molecule has 0 saturated carbocycles. The van der Waals surface area contributed by atoms with Gasteiger partial charge in [-0.2, -0.15) is 0 Å². The summed E-state index contributed by atoms with van der Waals surface area (Å²) >= 11 is 0. The molecule has 6 unspecified atom stereocenters. The van der Waals surface area contributed by atoms with Crippen LogP contribution in [0.25, 0.3) is 0 Å². The molecule has 1 aliphatic heterocycles. The zero-order chi connectivity index (χ0) is 54.7. The van der Waals surface area contributed by atoms with Gasteiger partial charge in [-0.15, -0.1) is 0 Å². The molecule has 430 valence electrons. The number of ether oxygens (including phenoxy) is 5. The van der Waals surface area contributed by atoms with Crippen LogP contribution in [0.1, 0.15) is 252 Å². The summed E-state index contributed by atoms with van der Waals surface area (Å²) in [5.74, 6) is -3.23. The summed E-state index contributed by atoms with van der Waals surface area (Å²) in [6.07, 6.45) is 51.8. The van der Waals surface area contributed by atoms with Crippen molar-refractivity contribution in [3.63, 3.8) is 0 Å². The van der Waals surface area contributed by atoms with Crippen LogP contribution in [0.4, 0.5) is 0 Å². The van der Waals surface area contributed by atoms with E-state index in [1.807, 2.05) is 12.2 Å².